The number of aliphatic hydroxyl groups is 1. The molecule has 1 atom stereocenters. The number of allylic oxidation sites excluding steroid dienone is 1. The van der Waals surface area contributed by atoms with E-state index in [1.807, 2.05) is 32.9 Å². The fourth-order valence-corrected chi connectivity index (χ4v) is 1.78. The number of furan rings is 1. The van der Waals surface area contributed by atoms with Crippen LogP contribution in [0.15, 0.2) is 28.0 Å². The third kappa shape index (κ3) is 8.57. The van der Waals surface area contributed by atoms with Crippen LogP contribution in [0.2, 0.25) is 0 Å². The first-order valence-corrected chi connectivity index (χ1v) is 9.48. The highest BCUT2D eigenvalue weighted by Crippen LogP contribution is 2.12. The van der Waals surface area contributed by atoms with Crippen LogP contribution in [0.5, 0.6) is 0 Å². The molecule has 0 radical (unpaired) electrons. The zero-order valence-corrected chi connectivity index (χ0v) is 16.1. The van der Waals surface area contributed by atoms with E-state index in [0.29, 0.717) is 18.5 Å². The monoisotopic (exact) mass is 377 g/mol. The molecule has 25 heavy (non-hydrogen) atoms. The van der Waals surface area contributed by atoms with Gasteiger partial charge in [-0.15, -0.1) is 0 Å². The first kappa shape index (κ1) is 23.0. The number of hydrogen-bond acceptors (Lipinski definition) is 7. The summed E-state index contributed by atoms with van der Waals surface area (Å²) < 4.78 is 31.3. The Hall–Kier alpha value is -2.04. The Morgan fingerprint density at radius 2 is 1.84 bits per heavy atom. The van der Waals surface area contributed by atoms with E-state index in [2.05, 4.69) is 10.6 Å². The van der Waals surface area contributed by atoms with Crippen LogP contribution in [0.25, 0.3) is 0 Å². The number of carbonyl (C=O) groups is 1. The molecule has 1 unspecified atom stereocenters. The Kier molecular flexibility index (Phi) is 9.24. The molecular weight excluding hydrogens is 350 g/mol. The summed E-state index contributed by atoms with van der Waals surface area (Å²) >= 11 is 0. The second-order valence-electron chi connectivity index (χ2n) is 5.06. The van der Waals surface area contributed by atoms with Gasteiger partial charge in [0, 0.05) is 7.05 Å². The van der Waals surface area contributed by atoms with Crippen molar-refractivity contribution < 1.29 is 27.3 Å². The third-order valence-electron chi connectivity index (χ3n) is 2.88. The molecule has 0 saturated heterocycles. The van der Waals surface area contributed by atoms with Crippen LogP contribution in [0, 0.1) is 6.92 Å². The SMILES string of the molecule is CC.CC1=C(O)C(=O)N(C)C(NCc2ccc(C)o2)N1.CS(=O)(=O)O. The number of nitrogens with one attached hydrogen (secondary N) is 2. The normalized spacial score (nSPS) is 17.2. The molecule has 9 nitrogen and oxygen atoms in total. The van der Waals surface area contributed by atoms with Crippen molar-refractivity contribution in [1.29, 1.82) is 0 Å². The van der Waals surface area contributed by atoms with Gasteiger partial charge in [0.2, 0.25) is 5.76 Å². The zero-order valence-electron chi connectivity index (χ0n) is 15.3. The molecule has 10 heteroatoms. The summed E-state index contributed by atoms with van der Waals surface area (Å²) in [4.78, 5) is 13.1. The quantitative estimate of drug-likeness (QED) is 0.580. The van der Waals surface area contributed by atoms with Gasteiger partial charge in [0.05, 0.1) is 18.5 Å². The molecule has 1 aromatic heterocycles. The first-order valence-electron chi connectivity index (χ1n) is 7.63. The van der Waals surface area contributed by atoms with E-state index >= 15 is 0 Å². The minimum Gasteiger partial charge on any atom is -0.502 e. The summed E-state index contributed by atoms with van der Waals surface area (Å²) in [5, 5.41) is 15.6. The van der Waals surface area contributed by atoms with Crippen molar-refractivity contribution in [2.75, 3.05) is 13.3 Å². The molecule has 0 saturated carbocycles. The average Bonchev–Trinajstić information content (AvgIpc) is 2.93. The summed E-state index contributed by atoms with van der Waals surface area (Å²) in [7, 11) is -2.05. The Bertz CT molecular complexity index is 688. The van der Waals surface area contributed by atoms with Crippen molar-refractivity contribution in [1.82, 2.24) is 15.5 Å². The molecule has 1 aliphatic rings. The Labute approximate surface area is 148 Å². The van der Waals surface area contributed by atoms with Crippen molar-refractivity contribution in [2.24, 2.45) is 0 Å². The van der Waals surface area contributed by atoms with Crippen molar-refractivity contribution in [3.63, 3.8) is 0 Å². The molecule has 1 aliphatic heterocycles. The average molecular weight is 377 g/mol. The van der Waals surface area contributed by atoms with Crippen LogP contribution in [0.3, 0.4) is 0 Å². The summed E-state index contributed by atoms with van der Waals surface area (Å²) in [5.41, 5.74) is 0.464. The van der Waals surface area contributed by atoms with Gasteiger partial charge in [0.15, 0.2) is 6.29 Å². The van der Waals surface area contributed by atoms with Crippen LogP contribution < -0.4 is 10.6 Å². The van der Waals surface area contributed by atoms with Gasteiger partial charge in [-0.2, -0.15) is 8.42 Å². The summed E-state index contributed by atoms with van der Waals surface area (Å²) in [5.74, 6) is 0.997. The Balaban J connectivity index is 0.000000710. The molecule has 0 aliphatic carbocycles. The maximum absolute atomic E-state index is 11.7. The highest BCUT2D eigenvalue weighted by atomic mass is 32.2. The van der Waals surface area contributed by atoms with Crippen LogP contribution in [-0.2, 0) is 21.5 Å². The van der Waals surface area contributed by atoms with E-state index in [-0.39, 0.29) is 12.0 Å². The van der Waals surface area contributed by atoms with E-state index in [4.69, 9.17) is 8.97 Å². The lowest BCUT2D eigenvalue weighted by atomic mass is 10.3. The smallest absolute Gasteiger partial charge is 0.292 e. The lowest BCUT2D eigenvalue weighted by Crippen LogP contribution is -2.58. The molecule has 0 aromatic carbocycles. The molecular formula is C15H27N3O6S. The summed E-state index contributed by atoms with van der Waals surface area (Å²) in [6, 6.07) is 3.77. The van der Waals surface area contributed by atoms with Gasteiger partial charge in [0.25, 0.3) is 16.0 Å². The minimum atomic E-state index is -3.67. The van der Waals surface area contributed by atoms with Crippen molar-refractivity contribution in [3.8, 4) is 0 Å². The number of hydrogen-bond donors (Lipinski definition) is 4. The van der Waals surface area contributed by atoms with E-state index in [9.17, 15) is 18.3 Å². The fraction of sp³-hybridized carbons (Fsp3) is 0.533. The van der Waals surface area contributed by atoms with Crippen molar-refractivity contribution in [3.05, 3.63) is 35.1 Å². The molecule has 0 bridgehead atoms. The Morgan fingerprint density at radius 3 is 2.28 bits per heavy atom. The molecule has 144 valence electrons. The molecule has 4 N–H and O–H groups in total. The summed E-state index contributed by atoms with van der Waals surface area (Å²) in [6.45, 7) is 8.03. The van der Waals surface area contributed by atoms with Crippen molar-refractivity contribution in [2.45, 2.75) is 40.5 Å². The maximum Gasteiger partial charge on any atom is 0.292 e. The van der Waals surface area contributed by atoms with Gasteiger partial charge in [-0.3, -0.25) is 14.7 Å². The van der Waals surface area contributed by atoms with Gasteiger partial charge in [-0.1, -0.05) is 13.8 Å². The summed E-state index contributed by atoms with van der Waals surface area (Å²) in [6.07, 6.45) is 0.353. The molecule has 2 heterocycles. The number of amides is 1. The molecule has 0 fully saturated rings. The molecule has 0 spiro atoms. The molecule has 1 aromatic rings. The van der Waals surface area contributed by atoms with Crippen LogP contribution in [-0.4, -0.2) is 48.5 Å². The van der Waals surface area contributed by atoms with Gasteiger partial charge < -0.3 is 19.7 Å². The van der Waals surface area contributed by atoms with Crippen LogP contribution >= 0.6 is 0 Å². The van der Waals surface area contributed by atoms with Gasteiger partial charge in [-0.25, -0.2) is 0 Å². The number of likely N-dealkylation sites (N-methyl/N-ethyl adjacent to an activating group) is 1. The predicted octanol–water partition coefficient (Wildman–Crippen LogP) is 1.34. The Morgan fingerprint density at radius 1 is 1.32 bits per heavy atom. The van der Waals surface area contributed by atoms with E-state index in [0.717, 1.165) is 11.5 Å². The largest absolute Gasteiger partial charge is 0.502 e. The second-order valence-corrected chi connectivity index (χ2v) is 6.53. The number of nitrogens with zero attached hydrogens (tertiary/aromatic N) is 1. The fourth-order valence-electron chi connectivity index (χ4n) is 1.78. The zero-order chi connectivity index (χ0) is 19.8. The number of aliphatic hydroxyl groups excluding tert-OH is 1. The first-order chi connectivity index (χ1) is 11.5. The van der Waals surface area contributed by atoms with E-state index in [1.165, 1.54) is 4.90 Å². The van der Waals surface area contributed by atoms with Crippen LogP contribution in [0.4, 0.5) is 0 Å². The maximum atomic E-state index is 11.7. The number of rotatable bonds is 3. The third-order valence-corrected chi connectivity index (χ3v) is 2.88. The highest BCUT2D eigenvalue weighted by Gasteiger charge is 2.29. The van der Waals surface area contributed by atoms with E-state index < -0.39 is 16.0 Å². The van der Waals surface area contributed by atoms with Crippen LogP contribution in [0.1, 0.15) is 32.3 Å². The molecule has 1 amide bonds. The molecule has 2 rings (SSSR count). The van der Waals surface area contributed by atoms with E-state index in [1.54, 1.807) is 14.0 Å². The lowest BCUT2D eigenvalue weighted by molar-refractivity contribution is -0.133. The van der Waals surface area contributed by atoms with Gasteiger partial charge in [0.1, 0.15) is 11.5 Å². The van der Waals surface area contributed by atoms with Gasteiger partial charge in [-0.05, 0) is 26.0 Å². The number of carbonyl (C=O) groups excluding carboxylic acids is 1. The van der Waals surface area contributed by atoms with Crippen molar-refractivity contribution >= 4 is 16.0 Å². The standard InChI is InChI=1S/C12H17N3O3.C2H6.CH4O3S/c1-7-4-5-9(18-7)6-13-12-14-8(2)10(16)11(17)15(12)3;1-2;1-5(2,3)4/h4-5,12-14,16H,6H2,1-3H3;1-2H3;1H3,(H,2,3,4). The second kappa shape index (κ2) is 10.1. The predicted molar refractivity (Wildman–Crippen MR) is 94.1 cm³/mol. The topological polar surface area (TPSA) is 132 Å². The highest BCUT2D eigenvalue weighted by molar-refractivity contribution is 7.85. The lowest BCUT2D eigenvalue weighted by Gasteiger charge is -2.34. The van der Waals surface area contributed by atoms with Gasteiger partial charge >= 0.3 is 0 Å². The number of aryl methyl sites for hydroxylation is 1. The minimum absolute atomic E-state index is 0.246.